The van der Waals surface area contributed by atoms with E-state index in [1.165, 1.54) is 15.7 Å². The van der Waals surface area contributed by atoms with E-state index in [2.05, 4.69) is 52.0 Å². The molecule has 8 bridgehead atoms. The van der Waals surface area contributed by atoms with E-state index in [9.17, 15) is 19.8 Å². The second-order valence-corrected chi connectivity index (χ2v) is 13.4. The zero-order valence-corrected chi connectivity index (χ0v) is 27.1. The normalized spacial score (nSPS) is 18.7. The standard InChI is InChI=1S/C34H36N4O4S2/c1-15-20(6-8-31(39)40)26-13-27-21(7-9-32(41)42)16(2)23(36-27)11-28-33(19(5)43)17(3)25(37-28)12-29-34(30-14-44-30)18(4)24(38-29)10-22(15)35-26/h10-13,35-38,43H,6-9,14H2,1-5H3,(H,39,40)(H,41,42)/b22-10-,26-13-,28-11-,29-12-,33-19+,34-30+. The molecule has 4 aromatic heterocycles. The van der Waals surface area contributed by atoms with Crippen LogP contribution in [0.25, 0.3) is 34.1 Å². The van der Waals surface area contributed by atoms with Crippen LogP contribution in [0, 0.1) is 27.7 Å². The van der Waals surface area contributed by atoms with Gasteiger partial charge in [0.05, 0.1) is 0 Å². The second kappa shape index (κ2) is 11.5. The number of carboxylic acids is 2. The minimum Gasteiger partial charge on any atom is -0.481 e. The van der Waals surface area contributed by atoms with Crippen molar-refractivity contribution in [2.24, 2.45) is 0 Å². The molecule has 44 heavy (non-hydrogen) atoms. The fraction of sp³-hybridized carbons (Fsp3) is 0.294. The fourth-order valence-corrected chi connectivity index (χ4v) is 7.28. The van der Waals surface area contributed by atoms with Gasteiger partial charge in [0.1, 0.15) is 0 Å². The number of aromatic nitrogens is 4. The van der Waals surface area contributed by atoms with Crippen molar-refractivity contribution in [1.82, 2.24) is 19.9 Å². The van der Waals surface area contributed by atoms with Crippen LogP contribution in [0.4, 0.5) is 0 Å². The van der Waals surface area contributed by atoms with Crippen LogP contribution in [0.15, 0.2) is 0 Å². The number of nitrogens with one attached hydrogen (secondary N) is 4. The molecule has 2 aliphatic rings. The van der Waals surface area contributed by atoms with Crippen molar-refractivity contribution >= 4 is 70.4 Å². The van der Waals surface area contributed by atoms with Gasteiger partial charge in [0.2, 0.25) is 0 Å². The highest BCUT2D eigenvalue weighted by molar-refractivity contribution is 8.17. The Balaban J connectivity index is 1.76. The summed E-state index contributed by atoms with van der Waals surface area (Å²) in [6.07, 6.45) is 9.09. The van der Waals surface area contributed by atoms with Crippen molar-refractivity contribution < 1.29 is 19.8 Å². The van der Waals surface area contributed by atoms with E-state index in [1.807, 2.05) is 38.6 Å². The van der Waals surface area contributed by atoms with Gasteiger partial charge in [0.25, 0.3) is 0 Å². The lowest BCUT2D eigenvalue weighted by Crippen LogP contribution is -2.25. The van der Waals surface area contributed by atoms with Gasteiger partial charge in [-0.15, -0.1) is 24.4 Å². The molecule has 0 aliphatic carbocycles. The molecule has 6 heterocycles. The summed E-state index contributed by atoms with van der Waals surface area (Å²) >= 11 is 6.62. The maximum absolute atomic E-state index is 11.6. The average Bonchev–Trinajstić information content (AvgIpc) is 3.49. The van der Waals surface area contributed by atoms with Crippen molar-refractivity contribution in [2.75, 3.05) is 5.75 Å². The van der Waals surface area contributed by atoms with Gasteiger partial charge < -0.3 is 30.1 Å². The first-order valence-electron chi connectivity index (χ1n) is 14.6. The Morgan fingerprint density at radius 1 is 0.705 bits per heavy atom. The van der Waals surface area contributed by atoms with Crippen LogP contribution in [-0.4, -0.2) is 47.8 Å². The molecule has 0 radical (unpaired) electrons. The summed E-state index contributed by atoms with van der Waals surface area (Å²) in [6, 6.07) is 0. The van der Waals surface area contributed by atoms with Crippen molar-refractivity contribution in [3.8, 4) is 0 Å². The van der Waals surface area contributed by atoms with E-state index in [1.54, 1.807) is 0 Å². The smallest absolute Gasteiger partial charge is 0.303 e. The van der Waals surface area contributed by atoms with E-state index in [0.717, 1.165) is 87.9 Å². The number of carboxylic acid groups (broad SMARTS) is 2. The SMILES string of the molecule is C/C(S)=c1/c(C)c2[nH]/c1=C\c1[nH]c(c(CCC(=O)O)c1C)/C=c1\[nH]/c(c(C)c1CCC(=O)O)=C\c1[nH]c(/c(=C3\CS3)c1C)=C\2. The van der Waals surface area contributed by atoms with E-state index < -0.39 is 11.9 Å². The first-order valence-corrected chi connectivity index (χ1v) is 16.1. The number of hydrogen-bond acceptors (Lipinski definition) is 4. The summed E-state index contributed by atoms with van der Waals surface area (Å²) in [4.78, 5) is 39.9. The highest BCUT2D eigenvalue weighted by Gasteiger charge is 2.19. The van der Waals surface area contributed by atoms with Crippen LogP contribution in [-0.2, 0) is 22.4 Å². The third-order valence-electron chi connectivity index (χ3n) is 8.80. The molecule has 0 amide bonds. The summed E-state index contributed by atoms with van der Waals surface area (Å²) in [5.41, 5.74) is 9.73. The molecule has 0 saturated carbocycles. The monoisotopic (exact) mass is 628 g/mol. The van der Waals surface area contributed by atoms with Crippen LogP contribution in [0.5, 0.6) is 0 Å². The number of hydrogen-bond donors (Lipinski definition) is 7. The molecule has 6 N–H and O–H groups in total. The van der Waals surface area contributed by atoms with Crippen LogP contribution in [0.3, 0.4) is 0 Å². The molecule has 2 aliphatic heterocycles. The second-order valence-electron chi connectivity index (χ2n) is 11.7. The summed E-state index contributed by atoms with van der Waals surface area (Å²) < 4.78 is 0. The van der Waals surface area contributed by atoms with E-state index in [4.69, 9.17) is 12.6 Å². The molecule has 0 aromatic carbocycles. The minimum absolute atomic E-state index is 0.00302. The number of rotatable bonds is 6. The van der Waals surface area contributed by atoms with Gasteiger partial charge in [-0.1, -0.05) is 0 Å². The van der Waals surface area contributed by atoms with Crippen molar-refractivity contribution in [2.45, 2.75) is 60.3 Å². The zero-order valence-electron chi connectivity index (χ0n) is 25.4. The molecule has 228 valence electrons. The summed E-state index contributed by atoms with van der Waals surface area (Å²) in [6.45, 7) is 10.3. The van der Waals surface area contributed by atoms with Crippen molar-refractivity contribution in [3.05, 3.63) is 88.0 Å². The Hall–Kier alpha value is -4.02. The van der Waals surface area contributed by atoms with Gasteiger partial charge in [-0.3, -0.25) is 9.59 Å². The Bertz CT molecular complexity index is 2250. The maximum Gasteiger partial charge on any atom is 0.303 e. The first kappa shape index (κ1) is 30.0. The van der Waals surface area contributed by atoms with E-state index in [0.29, 0.717) is 12.8 Å². The van der Waals surface area contributed by atoms with Gasteiger partial charge >= 0.3 is 11.9 Å². The third kappa shape index (κ3) is 5.52. The van der Waals surface area contributed by atoms with E-state index >= 15 is 0 Å². The lowest BCUT2D eigenvalue weighted by molar-refractivity contribution is -0.138. The average molecular weight is 629 g/mol. The Morgan fingerprint density at radius 3 is 1.89 bits per heavy atom. The maximum atomic E-state index is 11.6. The minimum atomic E-state index is -0.861. The van der Waals surface area contributed by atoms with Gasteiger partial charge in [-0.25, -0.2) is 0 Å². The Morgan fingerprint density at radius 2 is 1.25 bits per heavy atom. The molecule has 0 atom stereocenters. The predicted octanol–water partition coefficient (Wildman–Crippen LogP) is 1.81. The molecule has 10 heteroatoms. The van der Waals surface area contributed by atoms with Crippen molar-refractivity contribution in [1.29, 1.82) is 0 Å². The summed E-state index contributed by atoms with van der Waals surface area (Å²) in [7, 11) is 0. The molecule has 0 unspecified atom stereocenters. The Kier molecular flexibility index (Phi) is 7.83. The number of aliphatic carboxylic acids is 2. The van der Waals surface area contributed by atoms with Gasteiger partial charge in [-0.2, -0.15) is 0 Å². The predicted molar refractivity (Wildman–Crippen MR) is 180 cm³/mol. The van der Waals surface area contributed by atoms with Gasteiger partial charge in [-0.05, 0) is 110 Å². The number of fused-ring (bicyclic) bond motifs is 8. The summed E-state index contributed by atoms with van der Waals surface area (Å²) in [5.74, 6) is -0.707. The lowest BCUT2D eigenvalue weighted by Gasteiger charge is -2.01. The lowest BCUT2D eigenvalue weighted by atomic mass is 10.0. The highest BCUT2D eigenvalue weighted by atomic mass is 32.2. The number of carbonyl (C=O) groups is 2. The van der Waals surface area contributed by atoms with Crippen molar-refractivity contribution in [3.63, 3.8) is 0 Å². The number of thioether (sulfide) groups is 1. The molecule has 8 nitrogen and oxygen atoms in total. The number of H-pyrrole nitrogens is 4. The molecule has 1 saturated heterocycles. The third-order valence-corrected chi connectivity index (χ3v) is 9.80. The van der Waals surface area contributed by atoms with Crippen LogP contribution >= 0.6 is 24.4 Å². The fourth-order valence-electron chi connectivity index (χ4n) is 6.37. The van der Waals surface area contributed by atoms with Crippen LogP contribution < -0.4 is 31.8 Å². The molecule has 0 spiro atoms. The zero-order chi connectivity index (χ0) is 31.4. The molecular weight excluding hydrogens is 593 g/mol. The van der Waals surface area contributed by atoms with Gasteiger partial charge in [0, 0.05) is 78.1 Å². The molecule has 1 fully saturated rings. The van der Waals surface area contributed by atoms with Gasteiger partial charge in [0.15, 0.2) is 0 Å². The van der Waals surface area contributed by atoms with E-state index in [-0.39, 0.29) is 12.8 Å². The topological polar surface area (TPSA) is 138 Å². The first-order chi connectivity index (χ1) is 20.9. The largest absolute Gasteiger partial charge is 0.481 e. The molecule has 6 rings (SSSR count). The highest BCUT2D eigenvalue weighted by Crippen LogP contribution is 2.35. The number of aromatic amines is 4. The summed E-state index contributed by atoms with van der Waals surface area (Å²) in [5, 5.41) is 25.0. The molecule has 4 aromatic rings. The number of thiol groups is 1. The van der Waals surface area contributed by atoms with Crippen LogP contribution in [0.1, 0.15) is 75.9 Å². The Labute approximate surface area is 263 Å². The van der Waals surface area contributed by atoms with Crippen LogP contribution in [0.2, 0.25) is 0 Å². The quantitative estimate of drug-likeness (QED) is 0.114. The molecular formula is C34H36N4O4S2.